The number of ether oxygens (including phenoxy) is 4. The highest BCUT2D eigenvalue weighted by molar-refractivity contribution is 6.10. The molecule has 162 valence electrons. The molecular weight excluding hydrogens is 400 g/mol. The fraction of sp³-hybridized carbons (Fsp3) is 0.143. The maximum absolute atomic E-state index is 6.01. The van der Waals surface area contributed by atoms with E-state index in [1.165, 1.54) is 0 Å². The first kappa shape index (κ1) is 21.6. The molecule has 0 saturated heterocycles. The quantitative estimate of drug-likeness (QED) is 0.273. The second kappa shape index (κ2) is 9.69. The van der Waals surface area contributed by atoms with Gasteiger partial charge in [0.25, 0.3) is 0 Å². The molecule has 0 saturated carbocycles. The highest BCUT2D eigenvalue weighted by Gasteiger charge is 2.19. The maximum atomic E-state index is 6.01. The first-order chi connectivity index (χ1) is 15.7. The van der Waals surface area contributed by atoms with E-state index >= 15 is 0 Å². The van der Waals surface area contributed by atoms with Crippen molar-refractivity contribution in [3.05, 3.63) is 84.9 Å². The smallest absolute Gasteiger partial charge is 0.188 e. The van der Waals surface area contributed by atoms with Crippen LogP contribution in [0.1, 0.15) is 11.1 Å². The van der Waals surface area contributed by atoms with Crippen molar-refractivity contribution in [3.63, 3.8) is 0 Å². The molecule has 4 aromatic rings. The second-order valence-electron chi connectivity index (χ2n) is 7.35. The van der Waals surface area contributed by atoms with E-state index in [1.54, 1.807) is 14.2 Å². The van der Waals surface area contributed by atoms with Gasteiger partial charge >= 0.3 is 0 Å². The summed E-state index contributed by atoms with van der Waals surface area (Å²) in [4.78, 5) is 0. The van der Waals surface area contributed by atoms with Gasteiger partial charge in [-0.05, 0) is 56.9 Å². The Morgan fingerprint density at radius 2 is 1.06 bits per heavy atom. The molecule has 0 aliphatic carbocycles. The van der Waals surface area contributed by atoms with Gasteiger partial charge in [0.2, 0.25) is 0 Å². The predicted octanol–water partition coefficient (Wildman–Crippen LogP) is 6.91. The minimum atomic E-state index is 0.142. The second-order valence-corrected chi connectivity index (χ2v) is 7.35. The minimum absolute atomic E-state index is 0.142. The van der Waals surface area contributed by atoms with E-state index in [0.29, 0.717) is 11.5 Å². The zero-order valence-corrected chi connectivity index (χ0v) is 18.4. The van der Waals surface area contributed by atoms with E-state index in [0.717, 1.165) is 43.8 Å². The van der Waals surface area contributed by atoms with Crippen molar-refractivity contribution in [1.82, 2.24) is 0 Å². The lowest BCUT2D eigenvalue weighted by Gasteiger charge is -2.19. The molecule has 4 aromatic carbocycles. The zero-order valence-electron chi connectivity index (χ0n) is 18.4. The summed E-state index contributed by atoms with van der Waals surface area (Å²) in [5.41, 5.74) is 3.99. The minimum Gasteiger partial charge on any atom is -0.467 e. The van der Waals surface area contributed by atoms with Crippen LogP contribution >= 0.6 is 0 Å². The molecule has 0 bridgehead atoms. The third-order valence-corrected chi connectivity index (χ3v) is 5.40. The Morgan fingerprint density at radius 3 is 1.44 bits per heavy atom. The number of benzene rings is 4. The van der Waals surface area contributed by atoms with E-state index in [-0.39, 0.29) is 13.6 Å². The summed E-state index contributed by atoms with van der Waals surface area (Å²) in [5.74, 6) is 1.43. The SMILES string of the molecule is C=Cc1ccc2c(-c3c(OCOC)ccc4cc(C=C)ccc34)c(OCOC)ccc2c1. The Labute approximate surface area is 188 Å². The molecule has 0 spiro atoms. The molecule has 4 heteroatoms. The molecule has 32 heavy (non-hydrogen) atoms. The fourth-order valence-electron chi connectivity index (χ4n) is 3.91. The van der Waals surface area contributed by atoms with Crippen LogP contribution in [0.2, 0.25) is 0 Å². The Morgan fingerprint density at radius 1 is 0.625 bits per heavy atom. The van der Waals surface area contributed by atoms with Crippen molar-refractivity contribution < 1.29 is 18.9 Å². The van der Waals surface area contributed by atoms with E-state index < -0.39 is 0 Å². The van der Waals surface area contributed by atoms with Gasteiger partial charge < -0.3 is 18.9 Å². The van der Waals surface area contributed by atoms with E-state index in [9.17, 15) is 0 Å². The van der Waals surface area contributed by atoms with Crippen molar-refractivity contribution >= 4 is 33.7 Å². The first-order valence-corrected chi connectivity index (χ1v) is 10.3. The molecule has 0 aliphatic rings. The average Bonchev–Trinajstić information content (AvgIpc) is 2.84. The van der Waals surface area contributed by atoms with Crippen LogP contribution in [-0.4, -0.2) is 27.8 Å². The van der Waals surface area contributed by atoms with Crippen LogP contribution in [-0.2, 0) is 9.47 Å². The Balaban J connectivity index is 2.09. The maximum Gasteiger partial charge on any atom is 0.188 e. The van der Waals surface area contributed by atoms with Gasteiger partial charge in [-0.25, -0.2) is 0 Å². The molecule has 0 atom stereocenters. The molecule has 0 amide bonds. The van der Waals surface area contributed by atoms with Crippen LogP contribution in [0.5, 0.6) is 11.5 Å². The third-order valence-electron chi connectivity index (χ3n) is 5.40. The monoisotopic (exact) mass is 426 g/mol. The van der Waals surface area contributed by atoms with Crippen LogP contribution in [0, 0.1) is 0 Å². The summed E-state index contributed by atoms with van der Waals surface area (Å²) >= 11 is 0. The predicted molar refractivity (Wildman–Crippen MR) is 132 cm³/mol. The molecule has 4 rings (SSSR count). The number of hydrogen-bond donors (Lipinski definition) is 0. The Kier molecular flexibility index (Phi) is 6.55. The lowest BCUT2D eigenvalue weighted by atomic mass is 9.91. The van der Waals surface area contributed by atoms with Crippen molar-refractivity contribution in [2.45, 2.75) is 0 Å². The summed E-state index contributed by atoms with van der Waals surface area (Å²) in [6.45, 7) is 8.08. The van der Waals surface area contributed by atoms with Crippen molar-refractivity contribution in [3.8, 4) is 22.6 Å². The highest BCUT2D eigenvalue weighted by atomic mass is 16.7. The van der Waals surface area contributed by atoms with Gasteiger partial charge in [0.15, 0.2) is 13.6 Å². The van der Waals surface area contributed by atoms with E-state index in [2.05, 4.69) is 49.6 Å². The first-order valence-electron chi connectivity index (χ1n) is 10.3. The average molecular weight is 427 g/mol. The molecule has 0 fully saturated rings. The number of rotatable bonds is 9. The van der Waals surface area contributed by atoms with Gasteiger partial charge in [-0.1, -0.05) is 61.7 Å². The normalized spacial score (nSPS) is 10.9. The van der Waals surface area contributed by atoms with Gasteiger partial charge in [-0.2, -0.15) is 0 Å². The van der Waals surface area contributed by atoms with E-state index in [1.807, 2.05) is 36.4 Å². The van der Waals surface area contributed by atoms with Crippen molar-refractivity contribution in [2.24, 2.45) is 0 Å². The van der Waals surface area contributed by atoms with Crippen LogP contribution in [0.15, 0.2) is 73.8 Å². The standard InChI is InChI=1S/C28H26O4/c1-5-19-7-11-23-21(15-19)9-13-25(31-17-29-3)27(23)28-24-12-8-20(6-2)16-22(24)10-14-26(28)32-18-30-4/h5-16H,1-2,17-18H2,3-4H3. The molecular formula is C28H26O4. The molecule has 0 radical (unpaired) electrons. The molecule has 0 unspecified atom stereocenters. The number of hydrogen-bond acceptors (Lipinski definition) is 4. The third kappa shape index (κ3) is 4.11. The zero-order chi connectivity index (χ0) is 22.5. The summed E-state index contributed by atoms with van der Waals surface area (Å²) in [7, 11) is 3.22. The van der Waals surface area contributed by atoms with Crippen molar-refractivity contribution in [2.75, 3.05) is 27.8 Å². The van der Waals surface area contributed by atoms with Crippen LogP contribution in [0.4, 0.5) is 0 Å². The summed E-state index contributed by atoms with van der Waals surface area (Å²) in [6.07, 6.45) is 3.69. The number of fused-ring (bicyclic) bond motifs is 2. The summed E-state index contributed by atoms with van der Waals surface area (Å²) in [6, 6.07) is 20.6. The lowest BCUT2D eigenvalue weighted by Crippen LogP contribution is -2.04. The van der Waals surface area contributed by atoms with Crippen LogP contribution in [0.25, 0.3) is 44.8 Å². The Bertz CT molecular complexity index is 1190. The van der Waals surface area contributed by atoms with Crippen LogP contribution in [0.3, 0.4) is 0 Å². The highest BCUT2D eigenvalue weighted by Crippen LogP contribution is 2.46. The Hall–Kier alpha value is -3.60. The molecule has 0 aromatic heterocycles. The lowest BCUT2D eigenvalue weighted by molar-refractivity contribution is 0.0502. The van der Waals surface area contributed by atoms with Crippen molar-refractivity contribution in [1.29, 1.82) is 0 Å². The summed E-state index contributed by atoms with van der Waals surface area (Å²) in [5, 5.41) is 4.26. The molecule has 0 heterocycles. The molecule has 4 nitrogen and oxygen atoms in total. The largest absolute Gasteiger partial charge is 0.467 e. The van der Waals surface area contributed by atoms with Gasteiger partial charge in [-0.3, -0.25) is 0 Å². The van der Waals surface area contributed by atoms with Gasteiger partial charge in [0.05, 0.1) is 0 Å². The molecule has 0 aliphatic heterocycles. The molecule has 0 N–H and O–H groups in total. The van der Waals surface area contributed by atoms with Gasteiger partial charge in [0, 0.05) is 25.3 Å². The topological polar surface area (TPSA) is 36.9 Å². The van der Waals surface area contributed by atoms with Gasteiger partial charge in [0.1, 0.15) is 11.5 Å². The fourth-order valence-corrected chi connectivity index (χ4v) is 3.91. The van der Waals surface area contributed by atoms with Crippen LogP contribution < -0.4 is 9.47 Å². The number of methoxy groups -OCH3 is 2. The van der Waals surface area contributed by atoms with E-state index in [4.69, 9.17) is 18.9 Å². The van der Waals surface area contributed by atoms with Gasteiger partial charge in [-0.15, -0.1) is 0 Å². The summed E-state index contributed by atoms with van der Waals surface area (Å²) < 4.78 is 22.4.